The summed E-state index contributed by atoms with van der Waals surface area (Å²) >= 11 is 0. The summed E-state index contributed by atoms with van der Waals surface area (Å²) < 4.78 is 0. The first-order valence-corrected chi connectivity index (χ1v) is 6.02. The predicted molar refractivity (Wildman–Crippen MR) is 68.2 cm³/mol. The Hall–Kier alpha value is -0.870. The number of hydrogen-bond donors (Lipinski definition) is 2. The molecule has 0 spiro atoms. The summed E-state index contributed by atoms with van der Waals surface area (Å²) in [6.07, 6.45) is 3.33. The van der Waals surface area contributed by atoms with Crippen LogP contribution in [0.25, 0.3) is 0 Å². The molecule has 0 bridgehead atoms. The van der Waals surface area contributed by atoms with E-state index in [4.69, 9.17) is 5.73 Å². The molecule has 1 unspecified atom stereocenters. The van der Waals surface area contributed by atoms with Crippen LogP contribution in [-0.4, -0.2) is 43.0 Å². The Morgan fingerprint density at radius 1 is 1.50 bits per heavy atom. The summed E-state index contributed by atoms with van der Waals surface area (Å²) in [7, 11) is 0. The second-order valence-electron chi connectivity index (χ2n) is 3.86. The van der Waals surface area contributed by atoms with Crippen LogP contribution in [0.2, 0.25) is 0 Å². The Balaban J connectivity index is 3.70. The van der Waals surface area contributed by atoms with Crippen molar-refractivity contribution in [2.75, 3.05) is 26.2 Å². The molecule has 16 heavy (non-hydrogen) atoms. The van der Waals surface area contributed by atoms with Crippen molar-refractivity contribution in [2.24, 2.45) is 5.73 Å². The maximum Gasteiger partial charge on any atom is 0.237 e. The van der Waals surface area contributed by atoms with Gasteiger partial charge in [-0.3, -0.25) is 4.79 Å². The van der Waals surface area contributed by atoms with Crippen LogP contribution >= 0.6 is 0 Å². The molecule has 4 nitrogen and oxygen atoms in total. The van der Waals surface area contributed by atoms with Gasteiger partial charge in [0.2, 0.25) is 5.91 Å². The highest BCUT2D eigenvalue weighted by atomic mass is 16.2. The van der Waals surface area contributed by atoms with Crippen LogP contribution < -0.4 is 11.1 Å². The van der Waals surface area contributed by atoms with E-state index in [1.807, 2.05) is 0 Å². The largest absolute Gasteiger partial charge is 0.353 e. The lowest BCUT2D eigenvalue weighted by Crippen LogP contribution is -2.43. The molecule has 0 fully saturated rings. The number of likely N-dealkylation sites (N-methyl/N-ethyl adjacent to an activating group) is 1. The zero-order chi connectivity index (χ0) is 12.4. The van der Waals surface area contributed by atoms with Crippen LogP contribution in [0.15, 0.2) is 12.7 Å². The Kier molecular flexibility index (Phi) is 8.85. The molecular formula is C12H25N3O. The zero-order valence-corrected chi connectivity index (χ0v) is 10.5. The number of carbonyl (C=O) groups is 1. The molecule has 0 aromatic heterocycles. The van der Waals surface area contributed by atoms with Crippen LogP contribution in [0.4, 0.5) is 0 Å². The van der Waals surface area contributed by atoms with Crippen LogP contribution in [0, 0.1) is 0 Å². The SMILES string of the molecule is C=CCC(N)C(=O)NCCN(CC)CCC. The van der Waals surface area contributed by atoms with Crippen LogP contribution in [-0.2, 0) is 4.79 Å². The van der Waals surface area contributed by atoms with E-state index in [9.17, 15) is 4.79 Å². The maximum atomic E-state index is 11.5. The molecule has 1 atom stereocenters. The highest BCUT2D eigenvalue weighted by Gasteiger charge is 2.10. The van der Waals surface area contributed by atoms with Gasteiger partial charge in [-0.15, -0.1) is 6.58 Å². The van der Waals surface area contributed by atoms with Gasteiger partial charge in [0.25, 0.3) is 0 Å². The van der Waals surface area contributed by atoms with Gasteiger partial charge in [0.15, 0.2) is 0 Å². The van der Waals surface area contributed by atoms with E-state index in [0.717, 1.165) is 26.1 Å². The lowest BCUT2D eigenvalue weighted by atomic mass is 10.2. The second kappa shape index (κ2) is 9.36. The lowest BCUT2D eigenvalue weighted by Gasteiger charge is -2.20. The Morgan fingerprint density at radius 3 is 2.69 bits per heavy atom. The summed E-state index contributed by atoms with van der Waals surface area (Å²) in [4.78, 5) is 13.8. The van der Waals surface area contributed by atoms with Crippen molar-refractivity contribution in [1.29, 1.82) is 0 Å². The molecule has 0 heterocycles. The van der Waals surface area contributed by atoms with Crippen molar-refractivity contribution in [3.8, 4) is 0 Å². The Labute approximate surface area is 98.9 Å². The van der Waals surface area contributed by atoms with Gasteiger partial charge in [0.05, 0.1) is 6.04 Å². The van der Waals surface area contributed by atoms with E-state index < -0.39 is 6.04 Å². The van der Waals surface area contributed by atoms with E-state index in [-0.39, 0.29) is 5.91 Å². The molecule has 1 amide bonds. The number of nitrogens with two attached hydrogens (primary N) is 1. The third-order valence-corrected chi connectivity index (χ3v) is 2.47. The van der Waals surface area contributed by atoms with Crippen molar-refractivity contribution in [1.82, 2.24) is 10.2 Å². The minimum Gasteiger partial charge on any atom is -0.353 e. The van der Waals surface area contributed by atoms with Gasteiger partial charge >= 0.3 is 0 Å². The normalized spacial score (nSPS) is 12.5. The molecule has 0 aromatic rings. The number of amides is 1. The molecule has 4 heteroatoms. The summed E-state index contributed by atoms with van der Waals surface area (Å²) in [5.74, 6) is -0.0903. The number of nitrogens with one attached hydrogen (secondary N) is 1. The topological polar surface area (TPSA) is 58.4 Å². The fourth-order valence-corrected chi connectivity index (χ4v) is 1.50. The molecule has 0 aliphatic rings. The monoisotopic (exact) mass is 227 g/mol. The van der Waals surface area contributed by atoms with Crippen molar-refractivity contribution in [3.05, 3.63) is 12.7 Å². The minimum atomic E-state index is -0.459. The first-order chi connectivity index (χ1) is 7.65. The quantitative estimate of drug-likeness (QED) is 0.571. The summed E-state index contributed by atoms with van der Waals surface area (Å²) in [6, 6.07) is -0.459. The van der Waals surface area contributed by atoms with Crippen molar-refractivity contribution >= 4 is 5.91 Å². The molecule has 0 saturated heterocycles. The van der Waals surface area contributed by atoms with Crippen molar-refractivity contribution < 1.29 is 4.79 Å². The number of carbonyl (C=O) groups excluding carboxylic acids is 1. The minimum absolute atomic E-state index is 0.0903. The molecule has 0 rings (SSSR count). The van der Waals surface area contributed by atoms with E-state index in [1.54, 1.807) is 6.08 Å². The third-order valence-electron chi connectivity index (χ3n) is 2.47. The van der Waals surface area contributed by atoms with E-state index in [2.05, 4.69) is 30.6 Å². The van der Waals surface area contributed by atoms with E-state index in [0.29, 0.717) is 13.0 Å². The van der Waals surface area contributed by atoms with Crippen LogP contribution in [0.3, 0.4) is 0 Å². The summed E-state index contributed by atoms with van der Waals surface area (Å²) in [5, 5.41) is 2.84. The summed E-state index contributed by atoms with van der Waals surface area (Å²) in [6.45, 7) is 11.5. The molecule has 0 radical (unpaired) electrons. The molecule has 3 N–H and O–H groups in total. The fraction of sp³-hybridized carbons (Fsp3) is 0.750. The van der Waals surface area contributed by atoms with Gasteiger partial charge in [-0.1, -0.05) is 19.9 Å². The summed E-state index contributed by atoms with van der Waals surface area (Å²) in [5.41, 5.74) is 5.64. The smallest absolute Gasteiger partial charge is 0.237 e. The predicted octanol–water partition coefficient (Wildman–Crippen LogP) is 0.738. The Morgan fingerprint density at radius 2 is 2.19 bits per heavy atom. The first kappa shape index (κ1) is 15.1. The molecule has 94 valence electrons. The number of rotatable bonds is 9. The Bertz CT molecular complexity index is 206. The van der Waals surface area contributed by atoms with Crippen LogP contribution in [0.1, 0.15) is 26.7 Å². The van der Waals surface area contributed by atoms with Gasteiger partial charge in [-0.05, 0) is 25.9 Å². The van der Waals surface area contributed by atoms with Crippen molar-refractivity contribution in [2.45, 2.75) is 32.7 Å². The average molecular weight is 227 g/mol. The number of nitrogens with zero attached hydrogens (tertiary/aromatic N) is 1. The fourth-order valence-electron chi connectivity index (χ4n) is 1.50. The molecule has 0 aliphatic heterocycles. The maximum absolute atomic E-state index is 11.5. The van der Waals surface area contributed by atoms with E-state index in [1.165, 1.54) is 0 Å². The first-order valence-electron chi connectivity index (χ1n) is 6.02. The highest BCUT2D eigenvalue weighted by Crippen LogP contribution is 1.91. The molecule has 0 aromatic carbocycles. The van der Waals surface area contributed by atoms with Gasteiger partial charge in [-0.2, -0.15) is 0 Å². The van der Waals surface area contributed by atoms with Gasteiger partial charge in [-0.25, -0.2) is 0 Å². The molecule has 0 aliphatic carbocycles. The van der Waals surface area contributed by atoms with E-state index >= 15 is 0 Å². The molecule has 0 saturated carbocycles. The van der Waals surface area contributed by atoms with Crippen molar-refractivity contribution in [3.63, 3.8) is 0 Å². The van der Waals surface area contributed by atoms with Gasteiger partial charge < -0.3 is 16.0 Å². The second-order valence-corrected chi connectivity index (χ2v) is 3.86. The number of hydrogen-bond acceptors (Lipinski definition) is 3. The van der Waals surface area contributed by atoms with Gasteiger partial charge in [0.1, 0.15) is 0 Å². The van der Waals surface area contributed by atoms with Gasteiger partial charge in [0, 0.05) is 13.1 Å². The van der Waals surface area contributed by atoms with Crippen LogP contribution in [0.5, 0.6) is 0 Å². The average Bonchev–Trinajstić information content (AvgIpc) is 2.28. The highest BCUT2D eigenvalue weighted by molar-refractivity contribution is 5.81. The lowest BCUT2D eigenvalue weighted by molar-refractivity contribution is -0.122. The third kappa shape index (κ3) is 6.58. The standard InChI is InChI=1S/C12H25N3O/c1-4-7-11(13)12(16)14-8-10-15(6-3)9-5-2/h4,11H,1,5-10,13H2,2-3H3,(H,14,16). The molecular weight excluding hydrogens is 202 g/mol. The zero-order valence-electron chi connectivity index (χ0n) is 10.5.